The van der Waals surface area contributed by atoms with Crippen molar-refractivity contribution in [1.82, 2.24) is 0 Å². The second kappa shape index (κ2) is 6.06. The van der Waals surface area contributed by atoms with Crippen molar-refractivity contribution in [3.05, 3.63) is 58.9 Å². The van der Waals surface area contributed by atoms with Gasteiger partial charge >= 0.3 is 0 Å². The van der Waals surface area contributed by atoms with E-state index in [1.165, 1.54) is 17.7 Å². The van der Waals surface area contributed by atoms with E-state index < -0.39 is 0 Å². The van der Waals surface area contributed by atoms with Gasteiger partial charge < -0.3 is 10.5 Å². The van der Waals surface area contributed by atoms with Gasteiger partial charge in [-0.15, -0.1) is 0 Å². The number of hydrogen-bond donors (Lipinski definition) is 1. The molecule has 20 heavy (non-hydrogen) atoms. The van der Waals surface area contributed by atoms with Gasteiger partial charge in [-0.1, -0.05) is 12.1 Å². The fourth-order valence-corrected chi connectivity index (χ4v) is 2.17. The van der Waals surface area contributed by atoms with E-state index in [-0.39, 0.29) is 11.9 Å². The molecule has 2 nitrogen and oxygen atoms in total. The fourth-order valence-electron chi connectivity index (χ4n) is 2.17. The molecule has 1 atom stereocenters. The van der Waals surface area contributed by atoms with Crippen LogP contribution in [0.4, 0.5) is 4.39 Å². The van der Waals surface area contributed by atoms with E-state index in [9.17, 15) is 4.39 Å². The maximum Gasteiger partial charge on any atom is 0.130 e. The normalized spacial score (nSPS) is 12.2. The molecule has 0 heterocycles. The van der Waals surface area contributed by atoms with Gasteiger partial charge in [-0.2, -0.15) is 0 Å². The van der Waals surface area contributed by atoms with Crippen LogP contribution in [0.3, 0.4) is 0 Å². The Morgan fingerprint density at radius 3 is 2.20 bits per heavy atom. The van der Waals surface area contributed by atoms with Gasteiger partial charge in [-0.3, -0.25) is 0 Å². The highest BCUT2D eigenvalue weighted by Gasteiger charge is 2.07. The first kappa shape index (κ1) is 14.5. The summed E-state index contributed by atoms with van der Waals surface area (Å²) in [4.78, 5) is 0. The molecule has 0 spiro atoms. The molecule has 0 radical (unpaired) electrons. The molecule has 1 unspecified atom stereocenters. The summed E-state index contributed by atoms with van der Waals surface area (Å²) in [5, 5.41) is 0. The molecule has 0 aliphatic rings. The van der Waals surface area contributed by atoms with Crippen LogP contribution in [0.25, 0.3) is 0 Å². The third-order valence-corrected chi connectivity index (χ3v) is 3.15. The van der Waals surface area contributed by atoms with Gasteiger partial charge in [0.2, 0.25) is 0 Å². The molecule has 0 saturated carbocycles. The zero-order valence-corrected chi connectivity index (χ0v) is 12.1. The summed E-state index contributed by atoms with van der Waals surface area (Å²) in [7, 11) is 0. The van der Waals surface area contributed by atoms with Crippen LogP contribution in [0, 0.1) is 19.7 Å². The molecule has 2 rings (SSSR count). The van der Waals surface area contributed by atoms with Gasteiger partial charge in [0.1, 0.15) is 17.3 Å². The minimum atomic E-state index is -0.251. The average molecular weight is 273 g/mol. The first-order valence-corrected chi connectivity index (χ1v) is 6.75. The molecule has 0 aromatic heterocycles. The molecular weight excluding hydrogens is 253 g/mol. The number of benzene rings is 2. The maximum absolute atomic E-state index is 13.1. The Labute approximate surface area is 119 Å². The molecule has 3 heteroatoms. The highest BCUT2D eigenvalue weighted by Crippen LogP contribution is 2.28. The third kappa shape index (κ3) is 3.58. The van der Waals surface area contributed by atoms with Crippen LogP contribution in [-0.4, -0.2) is 6.04 Å². The standard InChI is InChI=1S/C17H20FNO/c1-11-8-14(10-13(3)19)4-6-16(11)20-17-7-5-15(18)9-12(17)2/h4-9,13H,10,19H2,1-3H3. The highest BCUT2D eigenvalue weighted by molar-refractivity contribution is 5.42. The topological polar surface area (TPSA) is 35.2 Å². The number of halogens is 1. The summed E-state index contributed by atoms with van der Waals surface area (Å²) in [6, 6.07) is 10.7. The van der Waals surface area contributed by atoms with Gasteiger partial charge in [0.25, 0.3) is 0 Å². The van der Waals surface area contributed by atoms with Gasteiger partial charge in [0, 0.05) is 6.04 Å². The zero-order valence-electron chi connectivity index (χ0n) is 12.1. The molecule has 0 saturated heterocycles. The van der Waals surface area contributed by atoms with Gasteiger partial charge in [-0.25, -0.2) is 4.39 Å². The lowest BCUT2D eigenvalue weighted by atomic mass is 10.0. The van der Waals surface area contributed by atoms with Crippen LogP contribution in [0.5, 0.6) is 11.5 Å². The fraction of sp³-hybridized carbons (Fsp3) is 0.294. The predicted molar refractivity (Wildman–Crippen MR) is 79.7 cm³/mol. The quantitative estimate of drug-likeness (QED) is 0.909. The first-order valence-electron chi connectivity index (χ1n) is 6.75. The Morgan fingerprint density at radius 2 is 1.65 bits per heavy atom. The Kier molecular flexibility index (Phi) is 4.40. The van der Waals surface area contributed by atoms with Crippen molar-refractivity contribution in [3.8, 4) is 11.5 Å². The Balaban J connectivity index is 2.21. The minimum absolute atomic E-state index is 0.139. The molecule has 106 valence electrons. The van der Waals surface area contributed by atoms with E-state index in [1.807, 2.05) is 32.9 Å². The second-order valence-electron chi connectivity index (χ2n) is 5.29. The Morgan fingerprint density at radius 1 is 1.05 bits per heavy atom. The number of aryl methyl sites for hydroxylation is 2. The summed E-state index contributed by atoms with van der Waals surface area (Å²) < 4.78 is 18.9. The van der Waals surface area contributed by atoms with Crippen LogP contribution in [0.15, 0.2) is 36.4 Å². The van der Waals surface area contributed by atoms with E-state index in [1.54, 1.807) is 6.07 Å². The summed E-state index contributed by atoms with van der Waals surface area (Å²) in [6.45, 7) is 5.82. The van der Waals surface area contributed by atoms with E-state index in [0.717, 1.165) is 23.3 Å². The van der Waals surface area contributed by atoms with Crippen molar-refractivity contribution in [2.24, 2.45) is 5.73 Å². The van der Waals surface area contributed by atoms with Gasteiger partial charge in [0.15, 0.2) is 0 Å². The smallest absolute Gasteiger partial charge is 0.130 e. The Hall–Kier alpha value is -1.87. The van der Waals surface area contributed by atoms with E-state index in [0.29, 0.717) is 5.75 Å². The molecule has 0 aliphatic carbocycles. The molecule has 0 aliphatic heterocycles. The van der Waals surface area contributed by atoms with Crippen molar-refractivity contribution in [1.29, 1.82) is 0 Å². The number of hydrogen-bond acceptors (Lipinski definition) is 2. The summed E-state index contributed by atoms with van der Waals surface area (Å²) in [6.07, 6.45) is 0.844. The third-order valence-electron chi connectivity index (χ3n) is 3.15. The van der Waals surface area contributed by atoms with E-state index >= 15 is 0 Å². The molecular formula is C17H20FNO. The average Bonchev–Trinajstić information content (AvgIpc) is 2.34. The molecule has 0 bridgehead atoms. The van der Waals surface area contributed by atoms with Crippen molar-refractivity contribution >= 4 is 0 Å². The van der Waals surface area contributed by atoms with Gasteiger partial charge in [0.05, 0.1) is 0 Å². The second-order valence-corrected chi connectivity index (χ2v) is 5.29. The van der Waals surface area contributed by atoms with Gasteiger partial charge in [-0.05, 0) is 68.1 Å². The summed E-state index contributed by atoms with van der Waals surface area (Å²) in [5.74, 6) is 1.21. The SMILES string of the molecule is Cc1cc(F)ccc1Oc1ccc(CC(C)N)cc1C. The van der Waals surface area contributed by atoms with E-state index in [2.05, 4.69) is 6.07 Å². The number of ether oxygens (including phenoxy) is 1. The lowest BCUT2D eigenvalue weighted by Gasteiger charge is -2.13. The lowest BCUT2D eigenvalue weighted by Crippen LogP contribution is -2.17. The van der Waals surface area contributed by atoms with Crippen molar-refractivity contribution in [2.75, 3.05) is 0 Å². The zero-order chi connectivity index (χ0) is 14.7. The molecule has 2 N–H and O–H groups in total. The summed E-state index contributed by atoms with van der Waals surface area (Å²) in [5.41, 5.74) is 8.83. The largest absolute Gasteiger partial charge is 0.457 e. The van der Waals surface area contributed by atoms with E-state index in [4.69, 9.17) is 10.5 Å². The minimum Gasteiger partial charge on any atom is -0.457 e. The molecule has 0 fully saturated rings. The molecule has 0 amide bonds. The van der Waals surface area contributed by atoms with Crippen LogP contribution in [0.2, 0.25) is 0 Å². The number of rotatable bonds is 4. The number of nitrogens with two attached hydrogens (primary N) is 1. The van der Waals surface area contributed by atoms with Crippen LogP contribution >= 0.6 is 0 Å². The first-order chi connectivity index (χ1) is 9.45. The lowest BCUT2D eigenvalue weighted by molar-refractivity contribution is 0.472. The summed E-state index contributed by atoms with van der Waals surface area (Å²) >= 11 is 0. The van der Waals surface area contributed by atoms with Crippen molar-refractivity contribution < 1.29 is 9.13 Å². The highest BCUT2D eigenvalue weighted by atomic mass is 19.1. The van der Waals surface area contributed by atoms with Crippen molar-refractivity contribution in [2.45, 2.75) is 33.2 Å². The molecule has 2 aromatic rings. The molecule has 2 aromatic carbocycles. The van der Waals surface area contributed by atoms with Crippen LogP contribution in [0.1, 0.15) is 23.6 Å². The van der Waals surface area contributed by atoms with Crippen LogP contribution in [-0.2, 0) is 6.42 Å². The van der Waals surface area contributed by atoms with Crippen molar-refractivity contribution in [3.63, 3.8) is 0 Å². The predicted octanol–water partition coefficient (Wildman–Crippen LogP) is 4.12. The van der Waals surface area contributed by atoms with Crippen LogP contribution < -0.4 is 10.5 Å². The monoisotopic (exact) mass is 273 g/mol. The maximum atomic E-state index is 13.1. The Bertz CT molecular complexity index is 608.